The number of nitrogens with zero attached hydrogens (tertiary/aromatic N) is 1. The summed E-state index contributed by atoms with van der Waals surface area (Å²) in [5, 5.41) is 0. The van der Waals surface area contributed by atoms with Crippen molar-refractivity contribution < 1.29 is 4.79 Å². The number of rotatable bonds is 3. The molecule has 2 nitrogen and oxygen atoms in total. The summed E-state index contributed by atoms with van der Waals surface area (Å²) >= 11 is 3.04. The zero-order valence-corrected chi connectivity index (χ0v) is 9.14. The fraction of sp³-hybridized carbons (Fsp3) is 0.889. The summed E-state index contributed by atoms with van der Waals surface area (Å²) in [6, 6.07) is 0.511. The molecule has 3 heteroatoms. The van der Waals surface area contributed by atoms with E-state index >= 15 is 0 Å². The fourth-order valence-electron chi connectivity index (χ4n) is 1.87. The second-order valence-corrected chi connectivity index (χ2v) is 4.06. The molecule has 0 aromatic carbocycles. The maximum absolute atomic E-state index is 11.2. The van der Waals surface area contributed by atoms with Crippen LogP contribution in [0, 0.1) is 0 Å². The van der Waals surface area contributed by atoms with E-state index in [9.17, 15) is 4.79 Å². The quantitative estimate of drug-likeness (QED) is 0.542. The van der Waals surface area contributed by atoms with Crippen molar-refractivity contribution in [3.05, 3.63) is 0 Å². The van der Waals surface area contributed by atoms with Gasteiger partial charge in [0.2, 0.25) is 0 Å². The Bertz CT molecular complexity index is 155. The van der Waals surface area contributed by atoms with Crippen LogP contribution in [0.15, 0.2) is 0 Å². The van der Waals surface area contributed by atoms with Gasteiger partial charge >= 0.3 is 0 Å². The number of carbonyl (C=O) groups is 1. The highest BCUT2D eigenvalue weighted by atomic mass is 79.9. The summed E-state index contributed by atoms with van der Waals surface area (Å²) in [4.78, 5) is 13.2. The Morgan fingerprint density at radius 2 is 2.08 bits per heavy atom. The SMILES string of the molecule is CCCN(C(=O)Br)C1CCCC1. The van der Waals surface area contributed by atoms with Crippen molar-refractivity contribution in [1.82, 2.24) is 4.90 Å². The third-order valence-electron chi connectivity index (χ3n) is 2.46. The molecule has 1 saturated carbocycles. The minimum Gasteiger partial charge on any atom is -0.330 e. The van der Waals surface area contributed by atoms with Crippen molar-refractivity contribution in [2.24, 2.45) is 0 Å². The smallest absolute Gasteiger partial charge is 0.289 e. The summed E-state index contributed by atoms with van der Waals surface area (Å²) in [6.07, 6.45) is 6.00. The van der Waals surface area contributed by atoms with Gasteiger partial charge in [0.25, 0.3) is 4.82 Å². The summed E-state index contributed by atoms with van der Waals surface area (Å²) in [7, 11) is 0. The molecule has 1 rings (SSSR count). The van der Waals surface area contributed by atoms with Gasteiger partial charge in [-0.25, -0.2) is 0 Å². The van der Waals surface area contributed by atoms with Crippen LogP contribution in [0.5, 0.6) is 0 Å². The Labute approximate surface area is 82.4 Å². The van der Waals surface area contributed by atoms with E-state index in [2.05, 4.69) is 22.9 Å². The molecule has 0 bridgehead atoms. The highest BCUT2D eigenvalue weighted by molar-refractivity contribution is 9.18. The zero-order chi connectivity index (χ0) is 8.97. The van der Waals surface area contributed by atoms with Gasteiger partial charge in [-0.15, -0.1) is 0 Å². The van der Waals surface area contributed by atoms with E-state index in [1.54, 1.807) is 0 Å². The molecule has 70 valence electrons. The van der Waals surface area contributed by atoms with Gasteiger partial charge in [-0.1, -0.05) is 19.8 Å². The first-order valence-electron chi connectivity index (χ1n) is 4.71. The predicted molar refractivity (Wildman–Crippen MR) is 53.6 cm³/mol. The highest BCUT2D eigenvalue weighted by Crippen LogP contribution is 2.24. The zero-order valence-electron chi connectivity index (χ0n) is 7.55. The first-order chi connectivity index (χ1) is 5.75. The van der Waals surface area contributed by atoms with Gasteiger partial charge in [0, 0.05) is 28.5 Å². The molecule has 0 saturated heterocycles. The maximum atomic E-state index is 11.2. The molecule has 0 aromatic heterocycles. The average molecular weight is 234 g/mol. The predicted octanol–water partition coefficient (Wildman–Crippen LogP) is 3.16. The van der Waals surface area contributed by atoms with E-state index < -0.39 is 0 Å². The van der Waals surface area contributed by atoms with Crippen LogP contribution in [0.3, 0.4) is 0 Å². The van der Waals surface area contributed by atoms with Gasteiger partial charge in [-0.05, 0) is 19.3 Å². The lowest BCUT2D eigenvalue weighted by molar-refractivity contribution is 0.201. The molecule has 0 radical (unpaired) electrons. The largest absolute Gasteiger partial charge is 0.330 e. The molecule has 0 atom stereocenters. The van der Waals surface area contributed by atoms with E-state index in [1.165, 1.54) is 25.7 Å². The normalized spacial score (nSPS) is 18.2. The lowest BCUT2D eigenvalue weighted by Gasteiger charge is -2.26. The van der Waals surface area contributed by atoms with Crippen LogP contribution in [-0.2, 0) is 0 Å². The van der Waals surface area contributed by atoms with Crippen molar-refractivity contribution in [2.45, 2.75) is 45.1 Å². The summed E-state index contributed by atoms with van der Waals surface area (Å²) in [5.41, 5.74) is 0. The van der Waals surface area contributed by atoms with Crippen molar-refractivity contribution in [3.63, 3.8) is 0 Å². The monoisotopic (exact) mass is 233 g/mol. The van der Waals surface area contributed by atoms with E-state index in [-0.39, 0.29) is 4.82 Å². The van der Waals surface area contributed by atoms with Gasteiger partial charge in [0.15, 0.2) is 0 Å². The molecule has 0 heterocycles. The molecule has 1 amide bonds. The molecule has 0 aliphatic heterocycles. The second kappa shape index (κ2) is 4.85. The summed E-state index contributed by atoms with van der Waals surface area (Å²) in [6.45, 7) is 3.01. The number of hydrogen-bond donors (Lipinski definition) is 0. The van der Waals surface area contributed by atoms with Gasteiger partial charge in [-0.2, -0.15) is 0 Å². The van der Waals surface area contributed by atoms with Crippen LogP contribution in [0.2, 0.25) is 0 Å². The van der Waals surface area contributed by atoms with Crippen molar-refractivity contribution in [1.29, 1.82) is 0 Å². The van der Waals surface area contributed by atoms with Crippen LogP contribution in [0.25, 0.3) is 0 Å². The standard InChI is InChI=1S/C9H16BrNO/c1-2-7-11(9(10)12)8-5-3-4-6-8/h8H,2-7H2,1H3. The average Bonchev–Trinajstić information content (AvgIpc) is 2.51. The Morgan fingerprint density at radius 3 is 2.50 bits per heavy atom. The molecule has 0 aromatic rings. The van der Waals surface area contributed by atoms with Gasteiger partial charge in [0.1, 0.15) is 0 Å². The second-order valence-electron chi connectivity index (χ2n) is 3.38. The minimum atomic E-state index is 0.0660. The van der Waals surface area contributed by atoms with E-state index in [0.717, 1.165) is 13.0 Å². The molecular weight excluding hydrogens is 218 g/mol. The molecule has 0 unspecified atom stereocenters. The topological polar surface area (TPSA) is 20.3 Å². The van der Waals surface area contributed by atoms with Crippen molar-refractivity contribution >= 4 is 20.7 Å². The van der Waals surface area contributed by atoms with E-state index in [4.69, 9.17) is 0 Å². The first kappa shape index (κ1) is 10.0. The number of carbonyl (C=O) groups excluding carboxylic acids is 1. The van der Waals surface area contributed by atoms with E-state index in [1.807, 2.05) is 4.90 Å². The lowest BCUT2D eigenvalue weighted by atomic mass is 10.2. The summed E-state index contributed by atoms with van der Waals surface area (Å²) in [5.74, 6) is 0. The Balaban J connectivity index is 2.45. The molecule has 12 heavy (non-hydrogen) atoms. The van der Waals surface area contributed by atoms with Crippen molar-refractivity contribution in [2.75, 3.05) is 6.54 Å². The number of halogens is 1. The number of hydrogen-bond acceptors (Lipinski definition) is 1. The van der Waals surface area contributed by atoms with Gasteiger partial charge in [0.05, 0.1) is 0 Å². The third-order valence-corrected chi connectivity index (χ3v) is 2.91. The summed E-state index contributed by atoms with van der Waals surface area (Å²) < 4.78 is 0. The Hall–Kier alpha value is -0.0500. The molecule has 1 aliphatic carbocycles. The molecule has 0 spiro atoms. The van der Waals surface area contributed by atoms with Crippen LogP contribution in [-0.4, -0.2) is 22.3 Å². The minimum absolute atomic E-state index is 0.0660. The molecule has 1 fully saturated rings. The van der Waals surface area contributed by atoms with Crippen LogP contribution in [0.4, 0.5) is 4.79 Å². The maximum Gasteiger partial charge on any atom is 0.289 e. The number of amides is 1. The van der Waals surface area contributed by atoms with Crippen LogP contribution < -0.4 is 0 Å². The molecular formula is C9H16BrNO. The Morgan fingerprint density at radius 1 is 1.50 bits per heavy atom. The van der Waals surface area contributed by atoms with Gasteiger partial charge < -0.3 is 4.90 Å². The Kier molecular flexibility index (Phi) is 4.06. The first-order valence-corrected chi connectivity index (χ1v) is 5.51. The van der Waals surface area contributed by atoms with Crippen LogP contribution >= 0.6 is 15.9 Å². The molecule has 1 aliphatic rings. The lowest BCUT2D eigenvalue weighted by Crippen LogP contribution is -2.35. The van der Waals surface area contributed by atoms with Crippen LogP contribution in [0.1, 0.15) is 39.0 Å². The third kappa shape index (κ3) is 2.47. The highest BCUT2D eigenvalue weighted by Gasteiger charge is 2.24. The van der Waals surface area contributed by atoms with Crippen molar-refractivity contribution in [3.8, 4) is 0 Å². The fourth-order valence-corrected chi connectivity index (χ4v) is 2.34. The van der Waals surface area contributed by atoms with E-state index in [0.29, 0.717) is 6.04 Å². The van der Waals surface area contributed by atoms with Gasteiger partial charge in [-0.3, -0.25) is 4.79 Å². The molecule has 0 N–H and O–H groups in total.